The van der Waals surface area contributed by atoms with Crippen molar-refractivity contribution >= 4 is 29.2 Å². The lowest BCUT2D eigenvalue weighted by atomic mass is 10.1. The molecule has 1 fully saturated rings. The number of imidazole rings is 1. The highest BCUT2D eigenvalue weighted by Crippen LogP contribution is 2.27. The summed E-state index contributed by atoms with van der Waals surface area (Å²) in [5.74, 6) is 0.172. The Bertz CT molecular complexity index is 783. The number of hydrogen-bond acceptors (Lipinski definition) is 3. The number of piperidine rings is 1. The molecule has 0 saturated carbocycles. The first-order chi connectivity index (χ1) is 9.61. The first-order valence-corrected chi connectivity index (χ1v) is 6.90. The molecule has 1 aromatic heterocycles. The molecule has 1 saturated heterocycles. The zero-order valence-corrected chi connectivity index (χ0v) is 11.9. The number of carbonyl (C=O) groups excluding carboxylic acids is 1. The van der Waals surface area contributed by atoms with Gasteiger partial charge in [-0.1, -0.05) is 6.07 Å². The lowest BCUT2D eigenvalue weighted by molar-refractivity contribution is -0.132. The van der Waals surface area contributed by atoms with Gasteiger partial charge in [0, 0.05) is 20.0 Å². The van der Waals surface area contributed by atoms with Gasteiger partial charge in [0.05, 0.1) is 22.6 Å². The molecule has 1 unspecified atom stereocenters. The number of aromatic nitrogens is 2. The summed E-state index contributed by atoms with van der Waals surface area (Å²) in [5, 5.41) is 9.16. The summed E-state index contributed by atoms with van der Waals surface area (Å²) in [7, 11) is 1.81. The van der Waals surface area contributed by atoms with E-state index >= 15 is 0 Å². The van der Waals surface area contributed by atoms with Gasteiger partial charge in [0.2, 0.25) is 5.91 Å². The van der Waals surface area contributed by atoms with Crippen molar-refractivity contribution in [3.8, 4) is 6.07 Å². The highest BCUT2D eigenvalue weighted by atomic mass is 32.1. The largest absolute Gasteiger partial charge is 0.344 e. The summed E-state index contributed by atoms with van der Waals surface area (Å²) >= 11 is 5.40. The van der Waals surface area contributed by atoms with Crippen LogP contribution in [0.15, 0.2) is 18.2 Å². The molecule has 20 heavy (non-hydrogen) atoms. The number of hydrogen-bond donors (Lipinski definition) is 1. The van der Waals surface area contributed by atoms with Gasteiger partial charge in [-0.3, -0.25) is 4.79 Å². The first-order valence-electron chi connectivity index (χ1n) is 6.49. The van der Waals surface area contributed by atoms with Gasteiger partial charge in [0.25, 0.3) is 0 Å². The smallest absolute Gasteiger partial charge is 0.222 e. The molecule has 1 aromatic carbocycles. The van der Waals surface area contributed by atoms with Crippen molar-refractivity contribution in [3.05, 3.63) is 28.5 Å². The Morgan fingerprint density at radius 2 is 2.30 bits per heavy atom. The third-order valence-corrected chi connectivity index (χ3v) is 4.14. The molecule has 0 radical (unpaired) electrons. The number of nitriles is 1. The molecular weight excluding hydrogens is 272 g/mol. The molecule has 1 aliphatic heterocycles. The Morgan fingerprint density at radius 3 is 3.00 bits per heavy atom. The summed E-state index contributed by atoms with van der Waals surface area (Å²) in [5.41, 5.74) is 2.30. The molecule has 102 valence electrons. The number of rotatable bonds is 1. The van der Waals surface area contributed by atoms with Crippen LogP contribution in [0.4, 0.5) is 0 Å². The van der Waals surface area contributed by atoms with Crippen LogP contribution < -0.4 is 0 Å². The number of amides is 1. The van der Waals surface area contributed by atoms with Crippen LogP contribution in [-0.4, -0.2) is 34.0 Å². The van der Waals surface area contributed by atoms with Gasteiger partial charge in [-0.2, -0.15) is 5.26 Å². The van der Waals surface area contributed by atoms with Crippen LogP contribution in [0.3, 0.4) is 0 Å². The zero-order valence-electron chi connectivity index (χ0n) is 11.1. The maximum Gasteiger partial charge on any atom is 0.222 e. The van der Waals surface area contributed by atoms with Crippen LogP contribution in [-0.2, 0) is 4.79 Å². The van der Waals surface area contributed by atoms with E-state index in [1.165, 1.54) is 0 Å². The van der Waals surface area contributed by atoms with Crippen molar-refractivity contribution in [3.63, 3.8) is 0 Å². The van der Waals surface area contributed by atoms with E-state index < -0.39 is 0 Å². The topological polar surface area (TPSA) is 64.8 Å². The minimum atomic E-state index is 0.160. The number of carbonyl (C=O) groups is 1. The molecule has 0 bridgehead atoms. The van der Waals surface area contributed by atoms with E-state index in [1.54, 1.807) is 11.0 Å². The number of nitrogens with zero attached hydrogens (tertiary/aromatic N) is 3. The number of aromatic amines is 1. The van der Waals surface area contributed by atoms with Crippen LogP contribution in [0.1, 0.15) is 24.4 Å². The second-order valence-electron chi connectivity index (χ2n) is 5.08. The van der Waals surface area contributed by atoms with E-state index in [4.69, 9.17) is 17.5 Å². The maximum atomic E-state index is 11.6. The summed E-state index contributed by atoms with van der Waals surface area (Å²) < 4.78 is 2.64. The number of fused-ring (bicyclic) bond motifs is 1. The lowest BCUT2D eigenvalue weighted by Gasteiger charge is -2.30. The van der Waals surface area contributed by atoms with Crippen LogP contribution in [0.2, 0.25) is 0 Å². The number of likely N-dealkylation sites (tertiary alicyclic amines) is 1. The van der Waals surface area contributed by atoms with Crippen LogP contribution in [0.5, 0.6) is 0 Å². The molecule has 1 atom stereocenters. The van der Waals surface area contributed by atoms with Gasteiger partial charge in [0.1, 0.15) is 6.07 Å². The average Bonchev–Trinajstić information content (AvgIpc) is 2.78. The van der Waals surface area contributed by atoms with Gasteiger partial charge >= 0.3 is 0 Å². The number of benzene rings is 1. The zero-order chi connectivity index (χ0) is 14.3. The van der Waals surface area contributed by atoms with Crippen molar-refractivity contribution in [2.75, 3.05) is 13.6 Å². The van der Waals surface area contributed by atoms with Crippen molar-refractivity contribution in [1.29, 1.82) is 5.26 Å². The van der Waals surface area contributed by atoms with Gasteiger partial charge in [-0.25, -0.2) is 0 Å². The summed E-state index contributed by atoms with van der Waals surface area (Å²) in [6, 6.07) is 7.92. The van der Waals surface area contributed by atoms with Crippen molar-refractivity contribution < 1.29 is 4.79 Å². The van der Waals surface area contributed by atoms with E-state index in [-0.39, 0.29) is 11.9 Å². The quantitative estimate of drug-likeness (QED) is 0.818. The number of H-pyrrole nitrogens is 1. The predicted octanol–water partition coefficient (Wildman–Crippen LogP) is 2.36. The molecule has 0 spiro atoms. The van der Waals surface area contributed by atoms with Crippen molar-refractivity contribution in [2.45, 2.75) is 18.9 Å². The van der Waals surface area contributed by atoms with E-state index in [0.717, 1.165) is 17.5 Å². The molecule has 1 amide bonds. The Morgan fingerprint density at radius 1 is 1.50 bits per heavy atom. The monoisotopic (exact) mass is 286 g/mol. The number of nitrogens with one attached hydrogen (secondary N) is 1. The standard InChI is InChI=1S/C14H14N4OS/c1-17-8-10(5-6-12(17)19)18-11-4-2-3-9(7-15)13(11)16-14(18)20/h2-4,10H,5-6,8H2,1H3,(H,16,20). The number of para-hydroxylation sites is 1. The molecule has 2 aromatic rings. The van der Waals surface area contributed by atoms with E-state index in [9.17, 15) is 4.79 Å². The average molecular weight is 286 g/mol. The normalized spacial score (nSPS) is 19.3. The van der Waals surface area contributed by atoms with Gasteiger partial charge in [0.15, 0.2) is 4.77 Å². The highest BCUT2D eigenvalue weighted by molar-refractivity contribution is 7.71. The fourth-order valence-electron chi connectivity index (χ4n) is 2.81. The minimum Gasteiger partial charge on any atom is -0.344 e. The second-order valence-corrected chi connectivity index (χ2v) is 5.47. The summed E-state index contributed by atoms with van der Waals surface area (Å²) in [4.78, 5) is 16.5. The lowest BCUT2D eigenvalue weighted by Crippen LogP contribution is -2.37. The van der Waals surface area contributed by atoms with Gasteiger partial charge in [-0.15, -0.1) is 0 Å². The Labute approximate surface area is 121 Å². The number of likely N-dealkylation sites (N-methyl/N-ethyl adjacent to an activating group) is 1. The van der Waals surface area contributed by atoms with E-state index in [0.29, 0.717) is 23.3 Å². The minimum absolute atomic E-state index is 0.160. The SMILES string of the molecule is CN1CC(n2c(=S)[nH]c3c(C#N)cccc32)CCC1=O. The van der Waals surface area contributed by atoms with Crippen molar-refractivity contribution in [2.24, 2.45) is 0 Å². The molecule has 3 rings (SSSR count). The molecule has 6 heteroatoms. The van der Waals surface area contributed by atoms with E-state index in [2.05, 4.69) is 11.1 Å². The van der Waals surface area contributed by atoms with Gasteiger partial charge in [-0.05, 0) is 30.8 Å². The summed E-state index contributed by atoms with van der Waals surface area (Å²) in [6.45, 7) is 0.650. The van der Waals surface area contributed by atoms with E-state index in [1.807, 2.05) is 23.7 Å². The molecule has 2 heterocycles. The molecule has 1 N–H and O–H groups in total. The summed E-state index contributed by atoms with van der Waals surface area (Å²) in [6.07, 6.45) is 1.31. The third kappa shape index (κ3) is 1.91. The molecular formula is C14H14N4OS. The highest BCUT2D eigenvalue weighted by Gasteiger charge is 2.26. The van der Waals surface area contributed by atoms with Crippen molar-refractivity contribution in [1.82, 2.24) is 14.5 Å². The third-order valence-electron chi connectivity index (χ3n) is 3.84. The molecule has 0 aliphatic carbocycles. The maximum absolute atomic E-state index is 11.6. The van der Waals surface area contributed by atoms with Gasteiger partial charge < -0.3 is 14.5 Å². The van der Waals surface area contributed by atoms with Crippen LogP contribution in [0.25, 0.3) is 11.0 Å². The Kier molecular flexibility index (Phi) is 3.07. The van der Waals surface area contributed by atoms with Crippen LogP contribution >= 0.6 is 12.2 Å². The fourth-order valence-corrected chi connectivity index (χ4v) is 3.15. The fraction of sp³-hybridized carbons (Fsp3) is 0.357. The first kappa shape index (κ1) is 12.9. The Balaban J connectivity index is 2.13. The predicted molar refractivity (Wildman–Crippen MR) is 77.7 cm³/mol. The second kappa shape index (κ2) is 4.76. The van der Waals surface area contributed by atoms with Crippen LogP contribution in [0, 0.1) is 16.1 Å². The Hall–Kier alpha value is -2.13. The molecule has 1 aliphatic rings. The molecule has 5 nitrogen and oxygen atoms in total.